The maximum atomic E-state index is 12.2. The summed E-state index contributed by atoms with van der Waals surface area (Å²) in [6, 6.07) is 17.0. The molecule has 192 valence electrons. The number of carbonyl (C=O) groups is 2. The topological polar surface area (TPSA) is 101 Å². The van der Waals surface area contributed by atoms with Crippen LogP contribution in [0.5, 0.6) is 0 Å². The molecule has 0 radical (unpaired) electrons. The van der Waals surface area contributed by atoms with Gasteiger partial charge in [-0.2, -0.15) is 0 Å². The number of nitrogens with zero attached hydrogens (tertiary/aromatic N) is 2. The van der Waals surface area contributed by atoms with Crippen LogP contribution in [0.3, 0.4) is 0 Å². The molecule has 0 bridgehead atoms. The Morgan fingerprint density at radius 1 is 0.737 bits per heavy atom. The number of esters is 2. The van der Waals surface area contributed by atoms with Crippen LogP contribution < -0.4 is 10.6 Å². The predicted octanol–water partition coefficient (Wildman–Crippen LogP) is 3.34. The number of hydrogen-bond donors (Lipinski definition) is 2. The fourth-order valence-electron chi connectivity index (χ4n) is 5.25. The molecule has 0 saturated heterocycles. The van der Waals surface area contributed by atoms with Crippen LogP contribution in [0.25, 0.3) is 12.2 Å². The molecule has 0 amide bonds. The van der Waals surface area contributed by atoms with Gasteiger partial charge >= 0.3 is 11.9 Å². The molecule has 0 fully saturated rings. The zero-order chi connectivity index (χ0) is 25.9. The normalized spacial score (nSPS) is 21.1. The summed E-state index contributed by atoms with van der Waals surface area (Å²) in [5.41, 5.74) is 7.79. The van der Waals surface area contributed by atoms with E-state index < -0.39 is 11.9 Å². The van der Waals surface area contributed by atoms with Crippen molar-refractivity contribution in [3.05, 3.63) is 94.1 Å². The number of aliphatic imine (C=N–C) groups is 2. The van der Waals surface area contributed by atoms with E-state index in [2.05, 4.69) is 69.2 Å². The van der Waals surface area contributed by atoms with Gasteiger partial charge in [0.25, 0.3) is 12.0 Å². The fourth-order valence-corrected chi connectivity index (χ4v) is 5.25. The number of fused-ring (bicyclic) bond motifs is 2. The smallest absolute Gasteiger partial charge is 0.338 e. The number of benzene rings is 2. The molecule has 4 aliphatic rings. The number of amidine groups is 2. The number of nitrogens with one attached hydrogen (secondary N) is 2. The number of ether oxygens (including phenoxy) is 2. The molecular formula is C30H28N4O4. The molecule has 8 heteroatoms. The van der Waals surface area contributed by atoms with E-state index in [1.165, 1.54) is 33.4 Å². The van der Waals surface area contributed by atoms with Gasteiger partial charge in [-0.15, -0.1) is 0 Å². The highest BCUT2D eigenvalue weighted by molar-refractivity contribution is 6.00. The lowest BCUT2D eigenvalue weighted by molar-refractivity contribution is -0.132. The van der Waals surface area contributed by atoms with E-state index in [9.17, 15) is 9.59 Å². The summed E-state index contributed by atoms with van der Waals surface area (Å²) in [6.45, 7) is 1.19. The van der Waals surface area contributed by atoms with Crippen molar-refractivity contribution < 1.29 is 19.1 Å². The summed E-state index contributed by atoms with van der Waals surface area (Å²) in [5, 5.41) is 6.03. The average Bonchev–Trinajstić information content (AvgIpc) is 3.70. The first-order valence-electron chi connectivity index (χ1n) is 12.9. The number of rotatable bonds is 6. The molecule has 0 spiro atoms. The molecule has 0 aromatic heterocycles. The Morgan fingerprint density at radius 2 is 1.18 bits per heavy atom. The van der Waals surface area contributed by atoms with E-state index in [1.54, 1.807) is 0 Å². The van der Waals surface area contributed by atoms with Gasteiger partial charge in [0.2, 0.25) is 0 Å². The van der Waals surface area contributed by atoms with Crippen LogP contribution in [-0.4, -0.2) is 49.2 Å². The highest BCUT2D eigenvalue weighted by atomic mass is 16.6. The van der Waals surface area contributed by atoms with E-state index in [0.717, 1.165) is 37.8 Å². The van der Waals surface area contributed by atoms with Crippen molar-refractivity contribution in [2.24, 2.45) is 9.98 Å². The second-order valence-electron chi connectivity index (χ2n) is 9.88. The van der Waals surface area contributed by atoms with Crippen LogP contribution >= 0.6 is 0 Å². The van der Waals surface area contributed by atoms with E-state index in [4.69, 9.17) is 9.47 Å². The lowest BCUT2D eigenvalue weighted by atomic mass is 10.0. The lowest BCUT2D eigenvalue weighted by Crippen LogP contribution is -2.26. The van der Waals surface area contributed by atoms with E-state index in [-0.39, 0.29) is 24.1 Å². The van der Waals surface area contributed by atoms with Crippen LogP contribution in [0.2, 0.25) is 0 Å². The van der Waals surface area contributed by atoms with Crippen molar-refractivity contribution in [2.75, 3.05) is 13.1 Å². The molecule has 6 rings (SSSR count). The van der Waals surface area contributed by atoms with E-state index in [1.807, 2.05) is 12.1 Å². The molecule has 2 N–H and O–H groups in total. The first-order valence-corrected chi connectivity index (χ1v) is 12.9. The minimum absolute atomic E-state index is 0.000804. The van der Waals surface area contributed by atoms with Crippen LogP contribution in [0, 0.1) is 0 Å². The quantitative estimate of drug-likeness (QED) is 0.459. The zero-order valence-corrected chi connectivity index (χ0v) is 20.9. The van der Waals surface area contributed by atoms with Gasteiger partial charge in [0, 0.05) is 25.2 Å². The molecule has 0 saturated carbocycles. The van der Waals surface area contributed by atoms with Gasteiger partial charge in [0.1, 0.15) is 0 Å². The molecule has 2 aliphatic carbocycles. The monoisotopic (exact) mass is 508 g/mol. The summed E-state index contributed by atoms with van der Waals surface area (Å²) in [7, 11) is 0. The molecular weight excluding hydrogens is 480 g/mol. The molecule has 2 atom stereocenters. The van der Waals surface area contributed by atoms with Gasteiger partial charge in [0.05, 0.1) is 12.1 Å². The largest absolute Gasteiger partial charge is 0.389 e. The standard InChI is InChI=1S/C30H28N4O4/c35-27(37-29-31-17-25(33-29)15-19-11-21-5-1-2-6-22(21)12-19)9-10-28(36)38-30-32-18-26(34-30)16-20-13-23-7-3-4-8-24(23)14-20/h1-11,13,25-26H,12,14-18H2,(H,31,33)(H,32,34)/b10-9+. The second-order valence-corrected chi connectivity index (χ2v) is 9.88. The Hall–Kier alpha value is -4.46. The summed E-state index contributed by atoms with van der Waals surface area (Å²) in [4.78, 5) is 33.3. The van der Waals surface area contributed by atoms with Crippen molar-refractivity contribution in [1.29, 1.82) is 0 Å². The van der Waals surface area contributed by atoms with E-state index in [0.29, 0.717) is 13.1 Å². The van der Waals surface area contributed by atoms with Gasteiger partial charge in [0.15, 0.2) is 0 Å². The Labute approximate surface area is 220 Å². The number of hydrogen-bond acceptors (Lipinski definition) is 8. The van der Waals surface area contributed by atoms with Crippen molar-refractivity contribution in [3.8, 4) is 0 Å². The van der Waals surface area contributed by atoms with Gasteiger partial charge in [-0.25, -0.2) is 19.6 Å². The summed E-state index contributed by atoms with van der Waals surface area (Å²) < 4.78 is 10.5. The first kappa shape index (κ1) is 23.9. The predicted molar refractivity (Wildman–Crippen MR) is 145 cm³/mol. The van der Waals surface area contributed by atoms with Crippen LogP contribution in [0.1, 0.15) is 35.1 Å². The Bertz CT molecular complexity index is 1330. The molecule has 2 aromatic carbocycles. The third kappa shape index (κ3) is 5.59. The first-order chi connectivity index (χ1) is 18.6. The number of carbonyl (C=O) groups excluding carboxylic acids is 2. The Morgan fingerprint density at radius 3 is 1.63 bits per heavy atom. The molecule has 38 heavy (non-hydrogen) atoms. The average molecular weight is 509 g/mol. The summed E-state index contributed by atoms with van der Waals surface area (Å²) in [5.74, 6) is -1.40. The zero-order valence-electron chi connectivity index (χ0n) is 20.9. The Kier molecular flexibility index (Phi) is 6.60. The van der Waals surface area contributed by atoms with Crippen LogP contribution in [0.15, 0.2) is 81.8 Å². The second kappa shape index (κ2) is 10.5. The summed E-state index contributed by atoms with van der Waals surface area (Å²) in [6.07, 6.45) is 9.92. The minimum Gasteiger partial charge on any atom is -0.389 e. The van der Waals surface area contributed by atoms with E-state index >= 15 is 0 Å². The van der Waals surface area contributed by atoms with Crippen molar-refractivity contribution in [2.45, 2.75) is 37.8 Å². The molecule has 8 nitrogen and oxygen atoms in total. The van der Waals surface area contributed by atoms with Crippen LogP contribution in [0.4, 0.5) is 0 Å². The highest BCUT2D eigenvalue weighted by Crippen LogP contribution is 2.29. The third-order valence-electron chi connectivity index (χ3n) is 6.99. The SMILES string of the molecule is O=C(/C=C/C(=O)OC1=NC(CC2=Cc3ccccc3C2)CN1)OC1=NC(CC2=Cc3ccccc3C2)CN1. The molecule has 2 unspecified atom stereocenters. The van der Waals surface area contributed by atoms with Gasteiger partial charge in [-0.05, 0) is 47.9 Å². The lowest BCUT2D eigenvalue weighted by Gasteiger charge is -2.05. The molecule has 2 heterocycles. The molecule has 2 aliphatic heterocycles. The van der Waals surface area contributed by atoms with Crippen LogP contribution in [-0.2, 0) is 31.9 Å². The van der Waals surface area contributed by atoms with Crippen molar-refractivity contribution >= 4 is 36.1 Å². The molecule has 2 aromatic rings. The van der Waals surface area contributed by atoms with Crippen molar-refractivity contribution in [3.63, 3.8) is 0 Å². The van der Waals surface area contributed by atoms with Gasteiger partial charge in [-0.1, -0.05) is 71.8 Å². The maximum Gasteiger partial charge on any atom is 0.338 e. The van der Waals surface area contributed by atoms with Crippen molar-refractivity contribution in [1.82, 2.24) is 10.6 Å². The third-order valence-corrected chi connectivity index (χ3v) is 6.99. The fraction of sp³-hybridized carbons (Fsp3) is 0.267. The minimum atomic E-state index is -0.701. The summed E-state index contributed by atoms with van der Waals surface area (Å²) >= 11 is 0. The van der Waals surface area contributed by atoms with Gasteiger partial charge < -0.3 is 20.1 Å². The van der Waals surface area contributed by atoms with Gasteiger partial charge in [-0.3, -0.25) is 0 Å². The maximum absolute atomic E-state index is 12.2. The Balaban J connectivity index is 0.942. The highest BCUT2D eigenvalue weighted by Gasteiger charge is 2.24.